The summed E-state index contributed by atoms with van der Waals surface area (Å²) in [4.78, 5) is 38.5. The van der Waals surface area contributed by atoms with Crippen LogP contribution in [0, 0.1) is 5.92 Å². The van der Waals surface area contributed by atoms with Crippen molar-refractivity contribution in [3.63, 3.8) is 0 Å². The lowest BCUT2D eigenvalue weighted by molar-refractivity contribution is 0.0904. The number of alkyl halides is 2. The number of oxazole rings is 1. The Bertz CT molecular complexity index is 1760. The molecule has 1 saturated carbocycles. The van der Waals surface area contributed by atoms with Gasteiger partial charge in [0.05, 0.1) is 33.5 Å². The van der Waals surface area contributed by atoms with E-state index in [-0.39, 0.29) is 28.2 Å². The first kappa shape index (κ1) is 26.8. The summed E-state index contributed by atoms with van der Waals surface area (Å²) in [7, 11) is 0. The molecule has 9 nitrogen and oxygen atoms in total. The molecule has 4 aromatic heterocycles. The number of carbonyl (C=O) groups is 1. The highest BCUT2D eigenvalue weighted by atomic mass is 35.5. The molecule has 1 aromatic carbocycles. The largest absolute Gasteiger partial charge is 0.442 e. The van der Waals surface area contributed by atoms with Gasteiger partial charge in [0.2, 0.25) is 0 Å². The fraction of sp³-hybridized carbons (Fsp3) is 0.276. The number of rotatable bonds is 7. The van der Waals surface area contributed by atoms with E-state index in [0.717, 1.165) is 30.1 Å². The van der Waals surface area contributed by atoms with Crippen LogP contribution in [0.5, 0.6) is 0 Å². The molecule has 6 rings (SSSR count). The SMILES string of the molecule is O=C(N[C@H]1CC[C@H](Cn2c(=O)n(-c3ccnc(-c4cnco4)c3)c3ccccc32)CC1)c1cc(Cl)cnc1C(F)F. The van der Waals surface area contributed by atoms with E-state index in [2.05, 4.69) is 20.3 Å². The van der Waals surface area contributed by atoms with E-state index in [0.29, 0.717) is 36.5 Å². The summed E-state index contributed by atoms with van der Waals surface area (Å²) in [6, 6.07) is 12.2. The Kier molecular flexibility index (Phi) is 7.36. The minimum atomic E-state index is -2.88. The zero-order chi connectivity index (χ0) is 28.5. The first-order valence-electron chi connectivity index (χ1n) is 13.2. The number of nitrogens with one attached hydrogen (secondary N) is 1. The van der Waals surface area contributed by atoms with Gasteiger partial charge in [0, 0.05) is 25.0 Å². The minimum absolute atomic E-state index is 0.119. The van der Waals surface area contributed by atoms with E-state index in [9.17, 15) is 18.4 Å². The molecule has 1 fully saturated rings. The summed E-state index contributed by atoms with van der Waals surface area (Å²) in [6.45, 7) is 0.515. The van der Waals surface area contributed by atoms with Gasteiger partial charge < -0.3 is 9.73 Å². The summed E-state index contributed by atoms with van der Waals surface area (Å²) in [5.74, 6) is 0.0939. The lowest BCUT2D eigenvalue weighted by Crippen LogP contribution is -2.39. The van der Waals surface area contributed by atoms with Crippen molar-refractivity contribution in [2.75, 3.05) is 0 Å². The molecule has 0 spiro atoms. The molecule has 0 saturated heterocycles. The molecule has 1 aliphatic rings. The van der Waals surface area contributed by atoms with Gasteiger partial charge in [-0.2, -0.15) is 0 Å². The van der Waals surface area contributed by atoms with Crippen LogP contribution in [0.25, 0.3) is 28.2 Å². The monoisotopic (exact) mass is 578 g/mol. The van der Waals surface area contributed by atoms with E-state index in [1.54, 1.807) is 33.7 Å². The lowest BCUT2D eigenvalue weighted by Gasteiger charge is -2.29. The Morgan fingerprint density at radius 1 is 1.07 bits per heavy atom. The number of hydrogen-bond acceptors (Lipinski definition) is 6. The number of carbonyl (C=O) groups excluding carboxylic acids is 1. The van der Waals surface area contributed by atoms with Crippen molar-refractivity contribution in [2.45, 2.75) is 44.7 Å². The number of benzene rings is 1. The molecule has 5 aromatic rings. The zero-order valence-corrected chi connectivity index (χ0v) is 22.5. The number of pyridine rings is 2. The standard InChI is InChI=1S/C29H25ClF2N6O3/c30-18-11-21(26(27(31)32)35-13-18)28(39)36-19-7-5-17(6-8-19)15-37-23-3-1-2-4-24(23)38(29(37)40)20-9-10-34-22(12-20)25-14-33-16-41-25/h1-4,9-14,16-17,19,27H,5-8,15H2,(H,36,39)/t17-,19-. The molecule has 4 heterocycles. The predicted octanol–water partition coefficient (Wildman–Crippen LogP) is 5.82. The summed E-state index contributed by atoms with van der Waals surface area (Å²) in [5.41, 5.74) is 1.87. The van der Waals surface area contributed by atoms with Crippen LogP contribution < -0.4 is 11.0 Å². The number of imidazole rings is 1. The van der Waals surface area contributed by atoms with Gasteiger partial charge in [-0.05, 0) is 61.9 Å². The molecular weight excluding hydrogens is 554 g/mol. The first-order valence-corrected chi connectivity index (χ1v) is 13.6. The lowest BCUT2D eigenvalue weighted by atomic mass is 9.85. The Balaban J connectivity index is 1.19. The normalized spacial score (nSPS) is 17.3. The average Bonchev–Trinajstić information content (AvgIpc) is 3.61. The maximum absolute atomic E-state index is 13.8. The third-order valence-electron chi connectivity index (χ3n) is 7.48. The number of fused-ring (bicyclic) bond motifs is 1. The van der Waals surface area contributed by atoms with Gasteiger partial charge in [-0.15, -0.1) is 0 Å². The van der Waals surface area contributed by atoms with E-state index in [1.165, 1.54) is 12.5 Å². The van der Waals surface area contributed by atoms with Gasteiger partial charge in [-0.1, -0.05) is 23.7 Å². The molecular formula is C29H25ClF2N6O3. The maximum Gasteiger partial charge on any atom is 0.333 e. The van der Waals surface area contributed by atoms with Crippen LogP contribution in [-0.2, 0) is 6.54 Å². The van der Waals surface area contributed by atoms with Crippen LogP contribution in [0.3, 0.4) is 0 Å². The molecule has 1 N–H and O–H groups in total. The van der Waals surface area contributed by atoms with Crippen molar-refractivity contribution in [2.24, 2.45) is 5.92 Å². The van der Waals surface area contributed by atoms with Crippen molar-refractivity contribution >= 4 is 28.5 Å². The van der Waals surface area contributed by atoms with Crippen LogP contribution in [0.15, 0.2) is 76.7 Å². The second kappa shape index (κ2) is 11.2. The van der Waals surface area contributed by atoms with Crippen LogP contribution in [0.1, 0.15) is 48.2 Å². The second-order valence-electron chi connectivity index (χ2n) is 10.1. The average molecular weight is 579 g/mol. The van der Waals surface area contributed by atoms with Gasteiger partial charge in [0.25, 0.3) is 12.3 Å². The van der Waals surface area contributed by atoms with E-state index >= 15 is 0 Å². The number of nitrogens with zero attached hydrogens (tertiary/aromatic N) is 5. The van der Waals surface area contributed by atoms with Gasteiger partial charge in [-0.25, -0.2) is 18.6 Å². The number of aromatic nitrogens is 5. The van der Waals surface area contributed by atoms with Crippen molar-refractivity contribution < 1.29 is 18.0 Å². The molecule has 210 valence electrons. The van der Waals surface area contributed by atoms with Crippen LogP contribution in [0.2, 0.25) is 5.02 Å². The number of amides is 1. The van der Waals surface area contributed by atoms with E-state index < -0.39 is 18.0 Å². The molecule has 0 atom stereocenters. The Labute approximate surface area is 237 Å². The van der Waals surface area contributed by atoms with Crippen molar-refractivity contribution in [1.82, 2.24) is 29.4 Å². The summed E-state index contributed by atoms with van der Waals surface area (Å²) < 4.78 is 35.6. The van der Waals surface area contributed by atoms with Gasteiger partial charge in [-0.3, -0.25) is 23.9 Å². The number of halogens is 3. The summed E-state index contributed by atoms with van der Waals surface area (Å²) in [5, 5.41) is 2.98. The smallest absolute Gasteiger partial charge is 0.333 e. The molecule has 12 heteroatoms. The fourth-order valence-corrected chi connectivity index (χ4v) is 5.64. The van der Waals surface area contributed by atoms with Crippen LogP contribution >= 0.6 is 11.6 Å². The molecule has 0 bridgehead atoms. The van der Waals surface area contributed by atoms with E-state index in [1.807, 2.05) is 24.3 Å². The highest BCUT2D eigenvalue weighted by Crippen LogP contribution is 2.29. The topological polar surface area (TPSA) is 108 Å². The second-order valence-corrected chi connectivity index (χ2v) is 10.5. The van der Waals surface area contributed by atoms with Crippen LogP contribution in [0.4, 0.5) is 8.78 Å². The predicted molar refractivity (Wildman–Crippen MR) is 148 cm³/mol. The highest BCUT2D eigenvalue weighted by Gasteiger charge is 2.27. The fourth-order valence-electron chi connectivity index (χ4n) is 5.49. The van der Waals surface area contributed by atoms with Crippen molar-refractivity contribution in [1.29, 1.82) is 0 Å². The quantitative estimate of drug-likeness (QED) is 0.261. The maximum atomic E-state index is 13.8. The van der Waals surface area contributed by atoms with Gasteiger partial charge in [0.1, 0.15) is 11.4 Å². The Morgan fingerprint density at radius 2 is 1.85 bits per heavy atom. The Morgan fingerprint density at radius 3 is 2.59 bits per heavy atom. The number of para-hydroxylation sites is 2. The third kappa shape index (κ3) is 5.37. The van der Waals surface area contributed by atoms with Gasteiger partial charge in [0.15, 0.2) is 12.2 Å². The minimum Gasteiger partial charge on any atom is -0.442 e. The molecule has 0 radical (unpaired) electrons. The van der Waals surface area contributed by atoms with Crippen LogP contribution in [-0.4, -0.2) is 36.0 Å². The Hall–Kier alpha value is -4.38. The van der Waals surface area contributed by atoms with Crippen molar-refractivity contribution in [3.8, 4) is 17.1 Å². The van der Waals surface area contributed by atoms with Crippen molar-refractivity contribution in [3.05, 3.63) is 94.2 Å². The molecule has 0 aliphatic heterocycles. The zero-order valence-electron chi connectivity index (χ0n) is 21.7. The summed E-state index contributed by atoms with van der Waals surface area (Å²) >= 11 is 5.90. The third-order valence-corrected chi connectivity index (χ3v) is 7.69. The molecule has 1 amide bonds. The molecule has 1 aliphatic carbocycles. The molecule has 41 heavy (non-hydrogen) atoms. The molecule has 0 unspecified atom stereocenters. The number of hydrogen-bond donors (Lipinski definition) is 1. The first-order chi connectivity index (χ1) is 19.9. The van der Waals surface area contributed by atoms with Gasteiger partial charge >= 0.3 is 5.69 Å². The summed E-state index contributed by atoms with van der Waals surface area (Å²) in [6.07, 6.45) is 5.59. The highest BCUT2D eigenvalue weighted by molar-refractivity contribution is 6.30. The van der Waals surface area contributed by atoms with E-state index in [4.69, 9.17) is 16.0 Å².